The quantitative estimate of drug-likeness (QED) is 0.939. The largest absolute Gasteiger partial charge is 0.309 e. The molecular formula is C17H23N3O. The maximum Gasteiger partial charge on any atom is 0.204 e. The standard InChI is InChI=1S/C17H23N3O/c1-11(2)18-10-15-17(21)9-13(4)20(19-15)16-8-6-7-12(3)14(16)5/h6-9,11,18H,10H2,1-5H3. The zero-order valence-electron chi connectivity index (χ0n) is 13.4. The molecule has 0 fully saturated rings. The molecule has 0 bridgehead atoms. The van der Waals surface area contributed by atoms with Gasteiger partial charge in [0.2, 0.25) is 5.43 Å². The van der Waals surface area contributed by atoms with Gasteiger partial charge in [0.05, 0.1) is 5.69 Å². The van der Waals surface area contributed by atoms with Gasteiger partial charge in [-0.15, -0.1) is 0 Å². The molecule has 0 unspecified atom stereocenters. The summed E-state index contributed by atoms with van der Waals surface area (Å²) < 4.78 is 1.86. The number of rotatable bonds is 4. The first-order chi connectivity index (χ1) is 9.90. The van der Waals surface area contributed by atoms with Crippen LogP contribution in [0, 0.1) is 20.8 Å². The van der Waals surface area contributed by atoms with Crippen LogP contribution in [0.15, 0.2) is 29.1 Å². The van der Waals surface area contributed by atoms with Crippen LogP contribution < -0.4 is 10.7 Å². The van der Waals surface area contributed by atoms with Gasteiger partial charge in [-0.2, -0.15) is 5.10 Å². The lowest BCUT2D eigenvalue weighted by molar-refractivity contribution is 0.568. The molecule has 0 atom stereocenters. The first-order valence-corrected chi connectivity index (χ1v) is 7.30. The van der Waals surface area contributed by atoms with Crippen molar-refractivity contribution in [3.63, 3.8) is 0 Å². The van der Waals surface area contributed by atoms with E-state index in [1.165, 1.54) is 11.1 Å². The van der Waals surface area contributed by atoms with Gasteiger partial charge < -0.3 is 5.32 Å². The number of nitrogens with zero attached hydrogens (tertiary/aromatic N) is 2. The van der Waals surface area contributed by atoms with Crippen LogP contribution in [0.1, 0.15) is 36.4 Å². The lowest BCUT2D eigenvalue weighted by atomic mass is 10.1. The van der Waals surface area contributed by atoms with E-state index < -0.39 is 0 Å². The Balaban J connectivity index is 2.51. The van der Waals surface area contributed by atoms with Crippen molar-refractivity contribution in [2.45, 2.75) is 47.2 Å². The Labute approximate surface area is 125 Å². The third-order valence-electron chi connectivity index (χ3n) is 3.66. The van der Waals surface area contributed by atoms with Gasteiger partial charge in [0.1, 0.15) is 5.69 Å². The number of nitrogens with one attached hydrogen (secondary N) is 1. The van der Waals surface area contributed by atoms with Gasteiger partial charge in [0.25, 0.3) is 0 Å². The zero-order chi connectivity index (χ0) is 15.6. The minimum absolute atomic E-state index is 0.0118. The summed E-state index contributed by atoms with van der Waals surface area (Å²) in [5, 5.41) is 7.81. The van der Waals surface area contributed by atoms with Crippen molar-refractivity contribution in [2.75, 3.05) is 0 Å². The summed E-state index contributed by atoms with van der Waals surface area (Å²) in [6.07, 6.45) is 0. The van der Waals surface area contributed by atoms with Crippen molar-refractivity contribution in [1.29, 1.82) is 0 Å². The molecule has 4 nitrogen and oxygen atoms in total. The number of aryl methyl sites for hydroxylation is 2. The second-order valence-electron chi connectivity index (χ2n) is 5.76. The van der Waals surface area contributed by atoms with Gasteiger partial charge in [-0.3, -0.25) is 4.79 Å². The maximum atomic E-state index is 12.1. The molecule has 0 aliphatic heterocycles. The molecular weight excluding hydrogens is 262 g/mol. The zero-order valence-corrected chi connectivity index (χ0v) is 13.4. The minimum Gasteiger partial charge on any atom is -0.309 e. The third kappa shape index (κ3) is 3.39. The van der Waals surface area contributed by atoms with Crippen molar-refractivity contribution in [2.24, 2.45) is 0 Å². The molecule has 0 aliphatic rings. The van der Waals surface area contributed by atoms with E-state index in [9.17, 15) is 4.79 Å². The number of benzene rings is 1. The second-order valence-corrected chi connectivity index (χ2v) is 5.76. The van der Waals surface area contributed by atoms with Crippen LogP contribution in [0.4, 0.5) is 0 Å². The lowest BCUT2D eigenvalue weighted by Crippen LogP contribution is -2.28. The lowest BCUT2D eigenvalue weighted by Gasteiger charge is -2.15. The molecule has 0 saturated carbocycles. The van der Waals surface area contributed by atoms with Gasteiger partial charge in [-0.05, 0) is 38.0 Å². The van der Waals surface area contributed by atoms with Gasteiger partial charge in [-0.1, -0.05) is 26.0 Å². The fraction of sp³-hybridized carbons (Fsp3) is 0.412. The van der Waals surface area contributed by atoms with Gasteiger partial charge in [0.15, 0.2) is 0 Å². The Hall–Kier alpha value is -1.94. The molecule has 21 heavy (non-hydrogen) atoms. The average Bonchev–Trinajstić information content (AvgIpc) is 2.41. The number of hydrogen-bond acceptors (Lipinski definition) is 3. The summed E-state index contributed by atoms with van der Waals surface area (Å²) in [6, 6.07) is 8.11. The molecule has 0 spiro atoms. The molecule has 2 rings (SSSR count). The molecule has 1 N–H and O–H groups in total. The molecule has 0 amide bonds. The van der Waals surface area contributed by atoms with Crippen LogP contribution in [0.5, 0.6) is 0 Å². The Morgan fingerprint density at radius 1 is 1.24 bits per heavy atom. The second kappa shape index (κ2) is 6.22. The van der Waals surface area contributed by atoms with Gasteiger partial charge in [0, 0.05) is 24.3 Å². The number of aromatic nitrogens is 2. The monoisotopic (exact) mass is 285 g/mol. The van der Waals surface area contributed by atoms with E-state index in [0.29, 0.717) is 18.3 Å². The van der Waals surface area contributed by atoms with Crippen LogP contribution in [-0.4, -0.2) is 15.8 Å². The molecule has 1 aromatic heterocycles. The van der Waals surface area contributed by atoms with E-state index in [4.69, 9.17) is 0 Å². The summed E-state index contributed by atoms with van der Waals surface area (Å²) in [7, 11) is 0. The highest BCUT2D eigenvalue weighted by Gasteiger charge is 2.10. The molecule has 4 heteroatoms. The Morgan fingerprint density at radius 3 is 2.62 bits per heavy atom. The Morgan fingerprint density at radius 2 is 1.95 bits per heavy atom. The van der Waals surface area contributed by atoms with Crippen molar-refractivity contribution in [3.05, 3.63) is 57.0 Å². The molecule has 0 saturated heterocycles. The van der Waals surface area contributed by atoms with Crippen molar-refractivity contribution in [3.8, 4) is 5.69 Å². The van der Waals surface area contributed by atoms with E-state index in [0.717, 1.165) is 11.4 Å². The highest BCUT2D eigenvalue weighted by Crippen LogP contribution is 2.17. The smallest absolute Gasteiger partial charge is 0.204 e. The van der Waals surface area contributed by atoms with Crippen LogP contribution in [-0.2, 0) is 6.54 Å². The molecule has 2 aromatic rings. The van der Waals surface area contributed by atoms with E-state index in [-0.39, 0.29) is 5.43 Å². The summed E-state index contributed by atoms with van der Waals surface area (Å²) in [5.41, 5.74) is 4.81. The molecule has 1 heterocycles. The fourth-order valence-corrected chi connectivity index (χ4v) is 2.22. The van der Waals surface area contributed by atoms with Gasteiger partial charge in [-0.25, -0.2) is 4.68 Å². The molecule has 0 radical (unpaired) electrons. The molecule has 1 aromatic carbocycles. The van der Waals surface area contributed by atoms with Crippen molar-refractivity contribution in [1.82, 2.24) is 15.1 Å². The van der Waals surface area contributed by atoms with Crippen LogP contribution >= 0.6 is 0 Å². The van der Waals surface area contributed by atoms with Gasteiger partial charge >= 0.3 is 0 Å². The van der Waals surface area contributed by atoms with E-state index in [2.05, 4.69) is 44.2 Å². The van der Waals surface area contributed by atoms with E-state index >= 15 is 0 Å². The first-order valence-electron chi connectivity index (χ1n) is 7.30. The predicted molar refractivity (Wildman–Crippen MR) is 86.0 cm³/mol. The van der Waals surface area contributed by atoms with Crippen molar-refractivity contribution >= 4 is 0 Å². The van der Waals surface area contributed by atoms with Crippen LogP contribution in [0.2, 0.25) is 0 Å². The first kappa shape index (κ1) is 15.4. The van der Waals surface area contributed by atoms with Crippen LogP contribution in [0.3, 0.4) is 0 Å². The highest BCUT2D eigenvalue weighted by molar-refractivity contribution is 5.44. The highest BCUT2D eigenvalue weighted by atomic mass is 16.1. The van der Waals surface area contributed by atoms with E-state index in [1.54, 1.807) is 6.07 Å². The average molecular weight is 285 g/mol. The molecule has 112 valence electrons. The minimum atomic E-state index is -0.0118. The summed E-state index contributed by atoms with van der Waals surface area (Å²) in [6.45, 7) is 10.7. The number of hydrogen-bond donors (Lipinski definition) is 1. The summed E-state index contributed by atoms with van der Waals surface area (Å²) in [5.74, 6) is 0. The molecule has 0 aliphatic carbocycles. The summed E-state index contributed by atoms with van der Waals surface area (Å²) in [4.78, 5) is 12.1. The van der Waals surface area contributed by atoms with E-state index in [1.807, 2.05) is 23.7 Å². The topological polar surface area (TPSA) is 46.9 Å². The Kier molecular flexibility index (Phi) is 4.58. The van der Waals surface area contributed by atoms with Crippen LogP contribution in [0.25, 0.3) is 5.69 Å². The SMILES string of the molecule is Cc1cccc(-n2nc(CNC(C)C)c(=O)cc2C)c1C. The maximum absolute atomic E-state index is 12.1. The summed E-state index contributed by atoms with van der Waals surface area (Å²) >= 11 is 0. The van der Waals surface area contributed by atoms with Crippen molar-refractivity contribution < 1.29 is 0 Å². The fourth-order valence-electron chi connectivity index (χ4n) is 2.22. The third-order valence-corrected chi connectivity index (χ3v) is 3.66. The predicted octanol–water partition coefficient (Wildman–Crippen LogP) is 2.66. The normalized spacial score (nSPS) is 11.1. The Bertz CT molecular complexity index is 702.